The summed E-state index contributed by atoms with van der Waals surface area (Å²) in [5.41, 5.74) is 1.03. The van der Waals surface area contributed by atoms with Crippen LogP contribution in [0, 0.1) is 0 Å². The van der Waals surface area contributed by atoms with Gasteiger partial charge in [-0.2, -0.15) is 13.2 Å². The molecule has 124 valence electrons. The quantitative estimate of drug-likeness (QED) is 0.622. The Morgan fingerprint density at radius 2 is 1.70 bits per heavy atom. The molecule has 3 nitrogen and oxygen atoms in total. The molecule has 0 spiro atoms. The number of hydrogen-bond donors (Lipinski definition) is 1. The summed E-state index contributed by atoms with van der Waals surface area (Å²) in [6.45, 7) is 0.110. The first-order valence-electron chi connectivity index (χ1n) is 6.85. The molecule has 2 rings (SSSR count). The fourth-order valence-electron chi connectivity index (χ4n) is 2.44. The maximum Gasteiger partial charge on any atom is 0.416 e. The standard InChI is InChI=1S/C16H17BrF3N3/c1-22(15-13(17)8-5-9-14(15)23(2)21)10-11-6-3-4-7-12(11)16(18,19)20/h3-9H,10,21H2,1-2H3. The molecule has 0 amide bonds. The van der Waals surface area contributed by atoms with Crippen LogP contribution < -0.4 is 15.8 Å². The molecule has 0 bridgehead atoms. The molecule has 0 unspecified atom stereocenters. The average molecular weight is 388 g/mol. The van der Waals surface area contributed by atoms with Gasteiger partial charge in [0.05, 0.1) is 16.9 Å². The first-order chi connectivity index (χ1) is 10.7. The Hall–Kier alpha value is -1.73. The first kappa shape index (κ1) is 17.6. The lowest BCUT2D eigenvalue weighted by Gasteiger charge is -2.27. The van der Waals surface area contributed by atoms with Crippen molar-refractivity contribution in [3.63, 3.8) is 0 Å². The summed E-state index contributed by atoms with van der Waals surface area (Å²) in [6, 6.07) is 11.0. The highest BCUT2D eigenvalue weighted by Crippen LogP contribution is 2.37. The van der Waals surface area contributed by atoms with Gasteiger partial charge in [-0.05, 0) is 39.7 Å². The van der Waals surface area contributed by atoms with E-state index < -0.39 is 11.7 Å². The summed E-state index contributed by atoms with van der Waals surface area (Å²) in [4.78, 5) is 1.74. The van der Waals surface area contributed by atoms with E-state index in [1.807, 2.05) is 18.2 Å². The molecule has 0 fully saturated rings. The highest BCUT2D eigenvalue weighted by atomic mass is 79.9. The van der Waals surface area contributed by atoms with Crippen LogP contribution in [0.3, 0.4) is 0 Å². The molecule has 0 aromatic heterocycles. The minimum Gasteiger partial charge on any atom is -0.368 e. The van der Waals surface area contributed by atoms with E-state index in [1.54, 1.807) is 25.1 Å². The summed E-state index contributed by atoms with van der Waals surface area (Å²) in [6.07, 6.45) is -4.38. The zero-order chi connectivity index (χ0) is 17.2. The Bertz CT molecular complexity index is 687. The van der Waals surface area contributed by atoms with Crippen molar-refractivity contribution < 1.29 is 13.2 Å². The van der Waals surface area contributed by atoms with Crippen LogP contribution >= 0.6 is 15.9 Å². The van der Waals surface area contributed by atoms with Crippen LogP contribution in [0.15, 0.2) is 46.9 Å². The van der Waals surface area contributed by atoms with Gasteiger partial charge < -0.3 is 9.91 Å². The Morgan fingerprint density at radius 1 is 1.04 bits per heavy atom. The van der Waals surface area contributed by atoms with Gasteiger partial charge in [-0.15, -0.1) is 0 Å². The third-order valence-electron chi connectivity index (χ3n) is 3.46. The summed E-state index contributed by atoms with van der Waals surface area (Å²) in [7, 11) is 3.42. The Labute approximate surface area is 141 Å². The van der Waals surface area contributed by atoms with Gasteiger partial charge in [0.15, 0.2) is 0 Å². The highest BCUT2D eigenvalue weighted by molar-refractivity contribution is 9.10. The van der Waals surface area contributed by atoms with E-state index in [4.69, 9.17) is 5.84 Å². The maximum atomic E-state index is 13.1. The van der Waals surface area contributed by atoms with Crippen molar-refractivity contribution in [1.82, 2.24) is 0 Å². The lowest BCUT2D eigenvalue weighted by atomic mass is 10.1. The molecule has 0 aliphatic heterocycles. The zero-order valence-electron chi connectivity index (χ0n) is 12.7. The molecule has 0 atom stereocenters. The third-order valence-corrected chi connectivity index (χ3v) is 4.10. The number of anilines is 2. The van der Waals surface area contributed by atoms with Gasteiger partial charge in [0.1, 0.15) is 0 Å². The van der Waals surface area contributed by atoms with Crippen LogP contribution in [0.4, 0.5) is 24.5 Å². The molecule has 23 heavy (non-hydrogen) atoms. The lowest BCUT2D eigenvalue weighted by Crippen LogP contribution is -2.29. The molecular weight excluding hydrogens is 371 g/mol. The summed E-state index contributed by atoms with van der Waals surface area (Å²) >= 11 is 3.44. The third kappa shape index (κ3) is 3.97. The van der Waals surface area contributed by atoms with E-state index in [0.29, 0.717) is 5.69 Å². The van der Waals surface area contributed by atoms with Crippen LogP contribution in [-0.2, 0) is 12.7 Å². The van der Waals surface area contributed by atoms with E-state index in [2.05, 4.69) is 15.9 Å². The fraction of sp³-hybridized carbons (Fsp3) is 0.250. The first-order valence-corrected chi connectivity index (χ1v) is 7.64. The molecule has 0 heterocycles. The van der Waals surface area contributed by atoms with Crippen molar-refractivity contribution in [2.45, 2.75) is 12.7 Å². The average Bonchev–Trinajstić information content (AvgIpc) is 2.46. The molecule has 0 radical (unpaired) electrons. The second-order valence-electron chi connectivity index (χ2n) is 5.23. The van der Waals surface area contributed by atoms with Crippen molar-refractivity contribution in [2.75, 3.05) is 24.0 Å². The molecule has 0 aliphatic rings. The van der Waals surface area contributed by atoms with Crippen LogP contribution in [-0.4, -0.2) is 14.1 Å². The monoisotopic (exact) mass is 387 g/mol. The molecular formula is C16H17BrF3N3. The fourth-order valence-corrected chi connectivity index (χ4v) is 3.09. The number of nitrogens with zero attached hydrogens (tertiary/aromatic N) is 2. The normalized spacial score (nSPS) is 11.4. The minimum absolute atomic E-state index is 0.110. The van der Waals surface area contributed by atoms with Gasteiger partial charge in [0.2, 0.25) is 0 Å². The number of hydrazine groups is 1. The molecule has 7 heteroatoms. The van der Waals surface area contributed by atoms with Crippen molar-refractivity contribution in [3.05, 3.63) is 58.1 Å². The van der Waals surface area contributed by atoms with Crippen LogP contribution in [0.5, 0.6) is 0 Å². The molecule has 2 aromatic carbocycles. The van der Waals surface area contributed by atoms with Gasteiger partial charge in [0, 0.05) is 25.1 Å². The second-order valence-corrected chi connectivity index (χ2v) is 6.08. The van der Waals surface area contributed by atoms with Crippen LogP contribution in [0.2, 0.25) is 0 Å². The van der Waals surface area contributed by atoms with Crippen molar-refractivity contribution in [2.24, 2.45) is 5.84 Å². The smallest absolute Gasteiger partial charge is 0.368 e. The number of para-hydroxylation sites is 1. The van der Waals surface area contributed by atoms with E-state index in [1.165, 1.54) is 17.1 Å². The van der Waals surface area contributed by atoms with Gasteiger partial charge >= 0.3 is 6.18 Å². The zero-order valence-corrected chi connectivity index (χ0v) is 14.3. The SMILES string of the molecule is CN(N)c1cccc(Br)c1N(C)Cc1ccccc1C(F)(F)F. The predicted molar refractivity (Wildman–Crippen MR) is 90.3 cm³/mol. The van der Waals surface area contributed by atoms with E-state index in [9.17, 15) is 13.2 Å². The number of rotatable bonds is 4. The number of halogens is 4. The predicted octanol–water partition coefficient (Wildman–Crippen LogP) is 4.41. The van der Waals surface area contributed by atoms with Crippen LogP contribution in [0.25, 0.3) is 0 Å². The van der Waals surface area contributed by atoms with Crippen molar-refractivity contribution in [1.29, 1.82) is 0 Å². The lowest BCUT2D eigenvalue weighted by molar-refractivity contribution is -0.138. The molecule has 2 aromatic rings. The number of benzene rings is 2. The molecule has 2 N–H and O–H groups in total. The van der Waals surface area contributed by atoms with E-state index >= 15 is 0 Å². The Morgan fingerprint density at radius 3 is 2.30 bits per heavy atom. The summed E-state index contributed by atoms with van der Waals surface area (Å²) < 4.78 is 40.2. The van der Waals surface area contributed by atoms with Gasteiger partial charge in [-0.1, -0.05) is 24.3 Å². The van der Waals surface area contributed by atoms with Gasteiger partial charge in [0.25, 0.3) is 0 Å². The highest BCUT2D eigenvalue weighted by Gasteiger charge is 2.33. The second kappa shape index (κ2) is 6.80. The van der Waals surface area contributed by atoms with Gasteiger partial charge in [-0.25, -0.2) is 5.84 Å². The van der Waals surface area contributed by atoms with Crippen LogP contribution in [0.1, 0.15) is 11.1 Å². The number of alkyl halides is 3. The topological polar surface area (TPSA) is 32.5 Å². The number of hydrogen-bond acceptors (Lipinski definition) is 3. The van der Waals surface area contributed by atoms with Crippen molar-refractivity contribution >= 4 is 27.3 Å². The Balaban J connectivity index is 2.40. The summed E-state index contributed by atoms with van der Waals surface area (Å²) in [5, 5.41) is 1.44. The molecule has 0 saturated heterocycles. The van der Waals surface area contributed by atoms with Gasteiger partial charge in [-0.3, -0.25) is 0 Å². The van der Waals surface area contributed by atoms with E-state index in [0.717, 1.165) is 16.2 Å². The largest absolute Gasteiger partial charge is 0.416 e. The molecule has 0 aliphatic carbocycles. The van der Waals surface area contributed by atoms with E-state index in [-0.39, 0.29) is 12.1 Å². The van der Waals surface area contributed by atoms with Crippen molar-refractivity contribution in [3.8, 4) is 0 Å². The summed E-state index contributed by atoms with van der Waals surface area (Å²) in [5.74, 6) is 5.82. The maximum absolute atomic E-state index is 13.1. The molecule has 0 saturated carbocycles. The minimum atomic E-state index is -4.38. The Kier molecular flexibility index (Phi) is 5.21. The number of nitrogens with two attached hydrogens (primary N) is 1.